The lowest BCUT2D eigenvalue weighted by Crippen LogP contribution is -2.35. The molecular weight excluding hydrogens is 226 g/mol. The van der Waals surface area contributed by atoms with Crippen LogP contribution in [0.1, 0.15) is 32.2 Å². The molecule has 0 unspecified atom stereocenters. The van der Waals surface area contributed by atoms with Gasteiger partial charge in [-0.3, -0.25) is 0 Å². The number of benzene rings is 1. The number of nitrogens with one attached hydrogen (secondary N) is 1. The molecular formula is C14H19N3O. The molecule has 0 aliphatic carbocycles. The second kappa shape index (κ2) is 4.90. The summed E-state index contributed by atoms with van der Waals surface area (Å²) >= 11 is 0. The van der Waals surface area contributed by atoms with E-state index in [4.69, 9.17) is 4.52 Å². The molecule has 0 saturated heterocycles. The molecule has 4 nitrogen and oxygen atoms in total. The molecule has 4 heteroatoms. The van der Waals surface area contributed by atoms with Gasteiger partial charge in [0.25, 0.3) is 0 Å². The van der Waals surface area contributed by atoms with Crippen molar-refractivity contribution >= 4 is 0 Å². The Kier molecular flexibility index (Phi) is 3.48. The highest BCUT2D eigenvalue weighted by atomic mass is 16.5. The highest BCUT2D eigenvalue weighted by Gasteiger charge is 2.13. The lowest BCUT2D eigenvalue weighted by atomic mass is 10.1. The van der Waals surface area contributed by atoms with Gasteiger partial charge in [-0.15, -0.1) is 0 Å². The van der Waals surface area contributed by atoms with Crippen LogP contribution >= 0.6 is 0 Å². The van der Waals surface area contributed by atoms with Gasteiger partial charge in [0.2, 0.25) is 11.7 Å². The molecule has 0 amide bonds. The Morgan fingerprint density at radius 3 is 2.72 bits per heavy atom. The monoisotopic (exact) mass is 245 g/mol. The maximum Gasteiger partial charge on any atom is 0.240 e. The van der Waals surface area contributed by atoms with E-state index in [0.717, 1.165) is 5.56 Å². The third kappa shape index (κ3) is 3.40. The van der Waals surface area contributed by atoms with Gasteiger partial charge < -0.3 is 9.84 Å². The number of hydrogen-bond donors (Lipinski definition) is 1. The summed E-state index contributed by atoms with van der Waals surface area (Å²) in [6.45, 7) is 8.94. The molecule has 0 atom stereocenters. The average Bonchev–Trinajstić information content (AvgIpc) is 2.74. The second-order valence-corrected chi connectivity index (χ2v) is 5.48. The maximum atomic E-state index is 5.23. The first-order chi connectivity index (χ1) is 8.44. The molecule has 1 aromatic heterocycles. The fraction of sp³-hybridized carbons (Fsp3) is 0.429. The SMILES string of the molecule is Cc1cccc(-c2noc(CNC(C)(C)C)n2)c1. The van der Waals surface area contributed by atoms with E-state index in [2.05, 4.69) is 36.2 Å². The van der Waals surface area contributed by atoms with E-state index in [9.17, 15) is 0 Å². The van der Waals surface area contributed by atoms with Crippen LogP contribution in [-0.4, -0.2) is 15.7 Å². The first-order valence-electron chi connectivity index (χ1n) is 6.09. The summed E-state index contributed by atoms with van der Waals surface area (Å²) in [5.41, 5.74) is 2.21. The normalized spacial score (nSPS) is 11.8. The van der Waals surface area contributed by atoms with E-state index in [0.29, 0.717) is 18.3 Å². The number of hydrogen-bond acceptors (Lipinski definition) is 4. The summed E-state index contributed by atoms with van der Waals surface area (Å²) in [5, 5.41) is 7.32. The van der Waals surface area contributed by atoms with Crippen molar-refractivity contribution in [3.8, 4) is 11.4 Å². The minimum Gasteiger partial charge on any atom is -0.338 e. The summed E-state index contributed by atoms with van der Waals surface area (Å²) in [6, 6.07) is 8.07. The number of aryl methyl sites for hydroxylation is 1. The lowest BCUT2D eigenvalue weighted by Gasteiger charge is -2.18. The van der Waals surface area contributed by atoms with Crippen LogP contribution in [0.25, 0.3) is 11.4 Å². The molecule has 0 bridgehead atoms. The minimum atomic E-state index is 0.0397. The Balaban J connectivity index is 2.11. The zero-order chi connectivity index (χ0) is 13.2. The first-order valence-corrected chi connectivity index (χ1v) is 6.09. The molecule has 2 aromatic rings. The molecule has 0 fully saturated rings. The quantitative estimate of drug-likeness (QED) is 0.903. The molecule has 1 N–H and O–H groups in total. The van der Waals surface area contributed by atoms with Gasteiger partial charge >= 0.3 is 0 Å². The van der Waals surface area contributed by atoms with Crippen LogP contribution in [0.3, 0.4) is 0 Å². The van der Waals surface area contributed by atoms with Crippen molar-refractivity contribution in [2.75, 3.05) is 0 Å². The van der Waals surface area contributed by atoms with Gasteiger partial charge in [-0.05, 0) is 33.8 Å². The number of rotatable bonds is 3. The van der Waals surface area contributed by atoms with E-state index in [-0.39, 0.29) is 5.54 Å². The number of nitrogens with zero attached hydrogens (tertiary/aromatic N) is 2. The van der Waals surface area contributed by atoms with E-state index >= 15 is 0 Å². The van der Waals surface area contributed by atoms with Crippen LogP contribution in [0.2, 0.25) is 0 Å². The standard InChI is InChI=1S/C14H19N3O/c1-10-6-5-7-11(8-10)13-16-12(18-17-13)9-15-14(2,3)4/h5-8,15H,9H2,1-4H3. The van der Waals surface area contributed by atoms with Crippen LogP contribution in [0.4, 0.5) is 0 Å². The van der Waals surface area contributed by atoms with Crippen LogP contribution < -0.4 is 5.32 Å². The Hall–Kier alpha value is -1.68. The van der Waals surface area contributed by atoms with Crippen LogP contribution in [-0.2, 0) is 6.54 Å². The van der Waals surface area contributed by atoms with E-state index in [1.807, 2.05) is 31.2 Å². The smallest absolute Gasteiger partial charge is 0.240 e. The van der Waals surface area contributed by atoms with Gasteiger partial charge in [-0.2, -0.15) is 4.98 Å². The van der Waals surface area contributed by atoms with Gasteiger partial charge in [0, 0.05) is 11.1 Å². The molecule has 96 valence electrons. The Morgan fingerprint density at radius 1 is 1.28 bits per heavy atom. The van der Waals surface area contributed by atoms with Crippen molar-refractivity contribution in [3.05, 3.63) is 35.7 Å². The summed E-state index contributed by atoms with van der Waals surface area (Å²) in [5.74, 6) is 1.26. The highest BCUT2D eigenvalue weighted by Crippen LogP contribution is 2.17. The Labute approximate surface area is 107 Å². The van der Waals surface area contributed by atoms with Crippen molar-refractivity contribution in [2.45, 2.75) is 39.8 Å². The van der Waals surface area contributed by atoms with E-state index in [1.54, 1.807) is 0 Å². The fourth-order valence-electron chi connectivity index (χ4n) is 1.57. The molecule has 0 aliphatic rings. The molecule has 0 aliphatic heterocycles. The summed E-state index contributed by atoms with van der Waals surface area (Å²) in [6.07, 6.45) is 0. The zero-order valence-corrected chi connectivity index (χ0v) is 11.3. The van der Waals surface area contributed by atoms with Gasteiger partial charge in [-0.25, -0.2) is 0 Å². The lowest BCUT2D eigenvalue weighted by molar-refractivity contribution is 0.336. The van der Waals surface area contributed by atoms with Crippen LogP contribution in [0.15, 0.2) is 28.8 Å². The van der Waals surface area contributed by atoms with Crippen LogP contribution in [0, 0.1) is 6.92 Å². The third-order valence-corrected chi connectivity index (χ3v) is 2.51. The molecule has 0 saturated carbocycles. The van der Waals surface area contributed by atoms with E-state index in [1.165, 1.54) is 5.56 Å². The molecule has 0 radical (unpaired) electrons. The first kappa shape index (κ1) is 12.8. The molecule has 0 spiro atoms. The highest BCUT2D eigenvalue weighted by molar-refractivity contribution is 5.55. The summed E-state index contributed by atoms with van der Waals surface area (Å²) in [7, 11) is 0. The fourth-order valence-corrected chi connectivity index (χ4v) is 1.57. The van der Waals surface area contributed by atoms with Crippen molar-refractivity contribution < 1.29 is 4.52 Å². The minimum absolute atomic E-state index is 0.0397. The van der Waals surface area contributed by atoms with Crippen molar-refractivity contribution in [1.82, 2.24) is 15.5 Å². The van der Waals surface area contributed by atoms with Crippen molar-refractivity contribution in [2.24, 2.45) is 0 Å². The van der Waals surface area contributed by atoms with Crippen molar-refractivity contribution in [3.63, 3.8) is 0 Å². The summed E-state index contributed by atoms with van der Waals surface area (Å²) in [4.78, 5) is 4.38. The summed E-state index contributed by atoms with van der Waals surface area (Å²) < 4.78 is 5.23. The zero-order valence-electron chi connectivity index (χ0n) is 11.3. The van der Waals surface area contributed by atoms with Gasteiger partial charge in [0.05, 0.1) is 6.54 Å². The topological polar surface area (TPSA) is 51.0 Å². The van der Waals surface area contributed by atoms with Crippen LogP contribution in [0.5, 0.6) is 0 Å². The Bertz CT molecular complexity index is 526. The molecule has 18 heavy (non-hydrogen) atoms. The average molecular weight is 245 g/mol. The maximum absolute atomic E-state index is 5.23. The molecule has 2 rings (SSSR count). The molecule has 1 aromatic carbocycles. The van der Waals surface area contributed by atoms with Gasteiger partial charge in [0.1, 0.15) is 0 Å². The van der Waals surface area contributed by atoms with E-state index < -0.39 is 0 Å². The van der Waals surface area contributed by atoms with Gasteiger partial charge in [0.15, 0.2) is 0 Å². The third-order valence-electron chi connectivity index (χ3n) is 2.51. The predicted molar refractivity (Wildman–Crippen MR) is 71.1 cm³/mol. The largest absolute Gasteiger partial charge is 0.338 e. The second-order valence-electron chi connectivity index (χ2n) is 5.48. The Morgan fingerprint density at radius 2 is 2.06 bits per heavy atom. The predicted octanol–water partition coefficient (Wildman–Crippen LogP) is 2.93. The van der Waals surface area contributed by atoms with Crippen molar-refractivity contribution in [1.29, 1.82) is 0 Å². The number of aromatic nitrogens is 2. The van der Waals surface area contributed by atoms with Gasteiger partial charge in [-0.1, -0.05) is 28.9 Å². The molecule has 1 heterocycles.